The first kappa shape index (κ1) is 12.8. The van der Waals surface area contributed by atoms with Crippen LogP contribution < -0.4 is 0 Å². The van der Waals surface area contributed by atoms with Gasteiger partial charge in [0.1, 0.15) is 0 Å². The minimum absolute atomic E-state index is 0.260. The zero-order chi connectivity index (χ0) is 12.9. The first-order valence-corrected chi connectivity index (χ1v) is 7.68. The van der Waals surface area contributed by atoms with E-state index in [1.165, 1.54) is 10.5 Å². The summed E-state index contributed by atoms with van der Waals surface area (Å²) in [5.74, 6) is 0. The van der Waals surface area contributed by atoms with Gasteiger partial charge in [0.25, 0.3) is 0 Å². The molecular formula is C17H18OS. The average Bonchev–Trinajstić information content (AvgIpc) is 2.49. The second-order valence-corrected chi connectivity index (χ2v) is 6.22. The molecule has 1 nitrogen and oxygen atoms in total. The average molecular weight is 270 g/mol. The molecule has 1 heterocycles. The molecule has 0 saturated carbocycles. The molecule has 1 aliphatic heterocycles. The van der Waals surface area contributed by atoms with Crippen molar-refractivity contribution in [2.45, 2.75) is 29.1 Å². The predicted octanol–water partition coefficient (Wildman–Crippen LogP) is 4.70. The molecule has 19 heavy (non-hydrogen) atoms. The molecule has 0 bridgehead atoms. The predicted molar refractivity (Wildman–Crippen MR) is 80.5 cm³/mol. The maximum absolute atomic E-state index is 5.92. The Morgan fingerprint density at radius 3 is 2.32 bits per heavy atom. The lowest BCUT2D eigenvalue weighted by molar-refractivity contribution is 0.0178. The van der Waals surface area contributed by atoms with E-state index >= 15 is 0 Å². The highest BCUT2D eigenvalue weighted by atomic mass is 32.2. The van der Waals surface area contributed by atoms with Gasteiger partial charge < -0.3 is 4.74 Å². The lowest BCUT2D eigenvalue weighted by Gasteiger charge is -2.29. The van der Waals surface area contributed by atoms with Crippen LogP contribution in [-0.2, 0) is 4.74 Å². The van der Waals surface area contributed by atoms with Crippen molar-refractivity contribution in [1.29, 1.82) is 0 Å². The molecule has 2 atom stereocenters. The van der Waals surface area contributed by atoms with Crippen LogP contribution >= 0.6 is 11.8 Å². The number of thioether (sulfide) groups is 1. The van der Waals surface area contributed by atoms with Gasteiger partial charge in [-0.1, -0.05) is 48.5 Å². The second kappa shape index (κ2) is 6.27. The summed E-state index contributed by atoms with van der Waals surface area (Å²) in [5.41, 5.74) is 1.31. The SMILES string of the molecule is c1ccc(S[C@H]2CCO[C@@H](c3ccccc3)C2)cc1. The summed E-state index contributed by atoms with van der Waals surface area (Å²) in [6.07, 6.45) is 2.50. The Bertz CT molecular complexity index is 497. The summed E-state index contributed by atoms with van der Waals surface area (Å²) in [5, 5.41) is 0.654. The third kappa shape index (κ3) is 3.40. The molecule has 0 radical (unpaired) electrons. The summed E-state index contributed by atoms with van der Waals surface area (Å²) in [7, 11) is 0. The number of hydrogen-bond acceptors (Lipinski definition) is 2. The van der Waals surface area contributed by atoms with Crippen molar-refractivity contribution < 1.29 is 4.74 Å². The van der Waals surface area contributed by atoms with E-state index in [4.69, 9.17) is 4.74 Å². The first-order chi connectivity index (χ1) is 9.42. The maximum atomic E-state index is 5.92. The molecule has 0 aromatic heterocycles. The van der Waals surface area contributed by atoms with E-state index in [0.29, 0.717) is 5.25 Å². The Labute approximate surface area is 119 Å². The topological polar surface area (TPSA) is 9.23 Å². The van der Waals surface area contributed by atoms with Crippen LogP contribution in [0.2, 0.25) is 0 Å². The first-order valence-electron chi connectivity index (χ1n) is 6.80. The van der Waals surface area contributed by atoms with Gasteiger partial charge in [-0.15, -0.1) is 11.8 Å². The van der Waals surface area contributed by atoms with Crippen LogP contribution in [0.15, 0.2) is 65.6 Å². The molecule has 2 aromatic carbocycles. The molecule has 1 fully saturated rings. The fraction of sp³-hybridized carbons (Fsp3) is 0.294. The van der Waals surface area contributed by atoms with E-state index in [0.717, 1.165) is 19.4 Å². The van der Waals surface area contributed by atoms with Crippen LogP contribution in [0.25, 0.3) is 0 Å². The molecule has 0 spiro atoms. The normalized spacial score (nSPS) is 23.2. The van der Waals surface area contributed by atoms with E-state index in [1.807, 2.05) is 11.8 Å². The minimum atomic E-state index is 0.260. The molecule has 3 rings (SSSR count). The molecule has 0 unspecified atom stereocenters. The molecule has 2 aromatic rings. The van der Waals surface area contributed by atoms with Crippen molar-refractivity contribution in [2.24, 2.45) is 0 Å². The summed E-state index contributed by atoms with van der Waals surface area (Å²) in [6, 6.07) is 21.2. The van der Waals surface area contributed by atoms with Gasteiger partial charge in [0, 0.05) is 16.8 Å². The van der Waals surface area contributed by atoms with Crippen molar-refractivity contribution in [3.63, 3.8) is 0 Å². The smallest absolute Gasteiger partial charge is 0.0835 e. The van der Waals surface area contributed by atoms with Gasteiger partial charge in [0.2, 0.25) is 0 Å². The van der Waals surface area contributed by atoms with Crippen LogP contribution in [-0.4, -0.2) is 11.9 Å². The zero-order valence-corrected chi connectivity index (χ0v) is 11.7. The van der Waals surface area contributed by atoms with Crippen LogP contribution in [0.5, 0.6) is 0 Å². The van der Waals surface area contributed by atoms with Gasteiger partial charge in [-0.25, -0.2) is 0 Å². The monoisotopic (exact) mass is 270 g/mol. The molecular weight excluding hydrogens is 252 g/mol. The second-order valence-electron chi connectivity index (χ2n) is 4.85. The fourth-order valence-electron chi connectivity index (χ4n) is 2.46. The number of benzene rings is 2. The van der Waals surface area contributed by atoms with Gasteiger partial charge in [-0.05, 0) is 30.5 Å². The third-order valence-electron chi connectivity index (χ3n) is 3.45. The molecule has 0 amide bonds. The molecule has 2 heteroatoms. The Hall–Kier alpha value is -1.25. The Kier molecular flexibility index (Phi) is 4.21. The summed E-state index contributed by atoms with van der Waals surface area (Å²) in [6.45, 7) is 0.865. The lowest BCUT2D eigenvalue weighted by atomic mass is 10.0. The van der Waals surface area contributed by atoms with Crippen molar-refractivity contribution in [1.82, 2.24) is 0 Å². The Morgan fingerprint density at radius 2 is 1.58 bits per heavy atom. The molecule has 0 aliphatic carbocycles. The van der Waals surface area contributed by atoms with Crippen LogP contribution in [0.3, 0.4) is 0 Å². The van der Waals surface area contributed by atoms with Crippen LogP contribution in [0.1, 0.15) is 24.5 Å². The van der Waals surface area contributed by atoms with E-state index in [9.17, 15) is 0 Å². The molecule has 1 aliphatic rings. The van der Waals surface area contributed by atoms with Crippen molar-refractivity contribution in [2.75, 3.05) is 6.61 Å². The van der Waals surface area contributed by atoms with E-state index < -0.39 is 0 Å². The zero-order valence-electron chi connectivity index (χ0n) is 10.9. The van der Waals surface area contributed by atoms with Crippen LogP contribution in [0.4, 0.5) is 0 Å². The quantitative estimate of drug-likeness (QED) is 0.799. The standard InChI is InChI=1S/C17H18OS/c1-3-7-14(8-4-1)17-13-16(11-12-18-17)19-15-9-5-2-6-10-15/h1-10,16-17H,11-13H2/t16-,17+/m0/s1. The summed E-state index contributed by atoms with van der Waals surface area (Å²) >= 11 is 1.98. The number of ether oxygens (including phenoxy) is 1. The van der Waals surface area contributed by atoms with E-state index in [1.54, 1.807) is 0 Å². The lowest BCUT2D eigenvalue weighted by Crippen LogP contribution is -2.21. The highest BCUT2D eigenvalue weighted by molar-refractivity contribution is 8.00. The van der Waals surface area contributed by atoms with E-state index in [-0.39, 0.29) is 6.10 Å². The van der Waals surface area contributed by atoms with Gasteiger partial charge >= 0.3 is 0 Å². The third-order valence-corrected chi connectivity index (χ3v) is 4.76. The van der Waals surface area contributed by atoms with Gasteiger partial charge in [-0.3, -0.25) is 0 Å². The fourth-order valence-corrected chi connectivity index (χ4v) is 3.65. The van der Waals surface area contributed by atoms with Gasteiger partial charge in [0.05, 0.1) is 6.10 Å². The largest absolute Gasteiger partial charge is 0.373 e. The maximum Gasteiger partial charge on any atom is 0.0835 e. The summed E-state index contributed by atoms with van der Waals surface area (Å²) in [4.78, 5) is 1.36. The van der Waals surface area contributed by atoms with Crippen LogP contribution in [0, 0.1) is 0 Å². The van der Waals surface area contributed by atoms with Gasteiger partial charge in [0.15, 0.2) is 0 Å². The minimum Gasteiger partial charge on any atom is -0.373 e. The van der Waals surface area contributed by atoms with Gasteiger partial charge in [-0.2, -0.15) is 0 Å². The molecule has 1 saturated heterocycles. The van der Waals surface area contributed by atoms with E-state index in [2.05, 4.69) is 60.7 Å². The highest BCUT2D eigenvalue weighted by Crippen LogP contribution is 2.37. The van der Waals surface area contributed by atoms with Crippen molar-refractivity contribution >= 4 is 11.8 Å². The Morgan fingerprint density at radius 1 is 0.895 bits per heavy atom. The summed E-state index contributed by atoms with van der Waals surface area (Å²) < 4.78 is 5.92. The number of hydrogen-bond donors (Lipinski definition) is 0. The Balaban J connectivity index is 1.65. The molecule has 98 valence electrons. The number of rotatable bonds is 3. The highest BCUT2D eigenvalue weighted by Gasteiger charge is 2.24. The van der Waals surface area contributed by atoms with Crippen molar-refractivity contribution in [3.8, 4) is 0 Å². The van der Waals surface area contributed by atoms with Crippen molar-refractivity contribution in [3.05, 3.63) is 66.2 Å². The molecule has 0 N–H and O–H groups in total.